The van der Waals surface area contributed by atoms with E-state index < -0.39 is 6.16 Å². The fraction of sp³-hybridized carbons (Fsp3) is 0. The summed E-state index contributed by atoms with van der Waals surface area (Å²) in [6, 6.07) is 0. The van der Waals surface area contributed by atoms with Gasteiger partial charge in [-0.2, -0.15) is 0 Å². The van der Waals surface area contributed by atoms with Gasteiger partial charge in [-0.05, 0) is 0 Å². The SMILES string of the molecule is O=C([O-])O.[NH4+].[Zr]. The molecule has 0 aliphatic heterocycles. The fourth-order valence-corrected chi connectivity index (χ4v) is 0. The molecule has 0 aromatic carbocycles. The summed E-state index contributed by atoms with van der Waals surface area (Å²) in [6.45, 7) is 0. The zero-order chi connectivity index (χ0) is 3.58. The van der Waals surface area contributed by atoms with Crippen molar-refractivity contribution in [2.75, 3.05) is 0 Å². The van der Waals surface area contributed by atoms with Crippen molar-refractivity contribution in [3.8, 4) is 0 Å². The Balaban J connectivity index is -0.0000000450. The number of carboxylic acid groups (broad SMARTS) is 2. The first-order chi connectivity index (χ1) is 1.73. The number of hydrogen-bond donors (Lipinski definition) is 2. The van der Waals surface area contributed by atoms with Gasteiger partial charge in [0.05, 0.1) is 0 Å². The molecule has 4 nitrogen and oxygen atoms in total. The predicted molar refractivity (Wildman–Crippen MR) is 14.0 cm³/mol. The van der Waals surface area contributed by atoms with Gasteiger partial charge in [-0.3, -0.25) is 0 Å². The number of hydrogen-bond acceptors (Lipinski definition) is 2. The average molecular weight is 170 g/mol. The molecule has 0 fully saturated rings. The van der Waals surface area contributed by atoms with Crippen molar-refractivity contribution in [2.45, 2.75) is 0 Å². The van der Waals surface area contributed by atoms with Crippen LogP contribution in [-0.2, 0) is 26.2 Å². The Morgan fingerprint density at radius 1 is 1.67 bits per heavy atom. The topological polar surface area (TPSA) is 96.9 Å². The Labute approximate surface area is 53.9 Å². The van der Waals surface area contributed by atoms with E-state index >= 15 is 0 Å². The normalized spacial score (nSPS) is 4.00. The van der Waals surface area contributed by atoms with Crippen LogP contribution in [0.3, 0.4) is 0 Å². The molecule has 0 bridgehead atoms. The Bertz CT molecular complexity index is 33.8. The van der Waals surface area contributed by atoms with Gasteiger partial charge in [0, 0.05) is 26.2 Å². The Hall–Kier alpha value is 0.113. The summed E-state index contributed by atoms with van der Waals surface area (Å²) in [5, 5.41) is 15.3. The summed E-state index contributed by atoms with van der Waals surface area (Å²) in [4.78, 5) is 8.44. The molecule has 0 amide bonds. The van der Waals surface area contributed by atoms with Gasteiger partial charge >= 0.3 is 0 Å². The third-order valence-electron chi connectivity index (χ3n) is 0. The molecule has 0 radical (unpaired) electrons. The van der Waals surface area contributed by atoms with Crippen LogP contribution in [0.1, 0.15) is 0 Å². The van der Waals surface area contributed by atoms with E-state index in [1.807, 2.05) is 0 Å². The summed E-state index contributed by atoms with van der Waals surface area (Å²) in [5.74, 6) is 0. The van der Waals surface area contributed by atoms with Crippen molar-refractivity contribution in [1.82, 2.24) is 6.15 Å². The van der Waals surface area contributed by atoms with Gasteiger partial charge < -0.3 is 21.2 Å². The molecular formula is CH5NO3Zr. The average Bonchev–Trinajstić information content (AvgIpc) is 0.811. The summed E-state index contributed by atoms with van der Waals surface area (Å²) < 4.78 is 0. The molecule has 0 aliphatic rings. The van der Waals surface area contributed by atoms with Crippen LogP contribution in [0, 0.1) is 0 Å². The molecule has 5 N–H and O–H groups in total. The quantitative estimate of drug-likeness (QED) is 0.501. The Morgan fingerprint density at radius 3 is 1.67 bits per heavy atom. The zero-order valence-electron chi connectivity index (χ0n) is 3.26. The first kappa shape index (κ1) is 16.5. The zero-order valence-corrected chi connectivity index (χ0v) is 5.72. The summed E-state index contributed by atoms with van der Waals surface area (Å²) in [5.41, 5.74) is 0. The van der Waals surface area contributed by atoms with Gasteiger partial charge in [0.1, 0.15) is 0 Å². The minimum atomic E-state index is -2.08. The van der Waals surface area contributed by atoms with Crippen molar-refractivity contribution in [3.63, 3.8) is 0 Å². The number of quaternary nitrogens is 1. The van der Waals surface area contributed by atoms with E-state index in [4.69, 9.17) is 15.0 Å². The third kappa shape index (κ3) is 3120. The van der Waals surface area contributed by atoms with Crippen molar-refractivity contribution in [1.29, 1.82) is 0 Å². The summed E-state index contributed by atoms with van der Waals surface area (Å²) in [6.07, 6.45) is -2.08. The van der Waals surface area contributed by atoms with Crippen LogP contribution in [0.4, 0.5) is 4.79 Å². The monoisotopic (exact) mass is 169 g/mol. The molecule has 0 aromatic rings. The molecule has 0 spiro atoms. The van der Waals surface area contributed by atoms with Crippen molar-refractivity contribution >= 4 is 6.16 Å². The van der Waals surface area contributed by atoms with E-state index in [2.05, 4.69) is 0 Å². The molecule has 5 heteroatoms. The van der Waals surface area contributed by atoms with Crippen molar-refractivity contribution < 1.29 is 41.2 Å². The second kappa shape index (κ2) is 8.93. The molecule has 36 valence electrons. The van der Waals surface area contributed by atoms with Gasteiger partial charge in [-0.25, -0.2) is 0 Å². The van der Waals surface area contributed by atoms with Crippen LogP contribution >= 0.6 is 0 Å². The van der Waals surface area contributed by atoms with Crippen molar-refractivity contribution in [2.24, 2.45) is 0 Å². The molecule has 0 aromatic heterocycles. The Morgan fingerprint density at radius 2 is 1.67 bits per heavy atom. The first-order valence-corrected chi connectivity index (χ1v) is 0.632. The van der Waals surface area contributed by atoms with E-state index in [1.54, 1.807) is 0 Å². The van der Waals surface area contributed by atoms with Crippen molar-refractivity contribution in [3.05, 3.63) is 0 Å². The molecule has 0 saturated carbocycles. The second-order valence-corrected chi connectivity index (χ2v) is 0.266. The smallest absolute Gasteiger partial charge is 0.249 e. The van der Waals surface area contributed by atoms with Gasteiger partial charge in [-0.15, -0.1) is 0 Å². The van der Waals surface area contributed by atoms with E-state index in [0.29, 0.717) is 0 Å². The molecule has 0 atom stereocenters. The van der Waals surface area contributed by atoms with Gasteiger partial charge in [0.25, 0.3) is 0 Å². The summed E-state index contributed by atoms with van der Waals surface area (Å²) >= 11 is 0. The number of rotatable bonds is 0. The molecule has 0 unspecified atom stereocenters. The minimum Gasteiger partial charge on any atom is -0.565 e. The molecule has 0 aliphatic carbocycles. The molecule has 0 rings (SSSR count). The minimum absolute atomic E-state index is 0. The van der Waals surface area contributed by atoms with Crippen LogP contribution in [0.5, 0.6) is 0 Å². The van der Waals surface area contributed by atoms with Gasteiger partial charge in [0.15, 0.2) is 0 Å². The predicted octanol–water partition coefficient (Wildman–Crippen LogP) is -0.739. The maximum atomic E-state index is 8.44. The maximum absolute atomic E-state index is 8.44. The van der Waals surface area contributed by atoms with Gasteiger partial charge in [-0.1, -0.05) is 0 Å². The van der Waals surface area contributed by atoms with E-state index in [0.717, 1.165) is 0 Å². The fourth-order valence-electron chi connectivity index (χ4n) is 0. The third-order valence-corrected chi connectivity index (χ3v) is 0. The van der Waals surface area contributed by atoms with E-state index in [-0.39, 0.29) is 32.4 Å². The van der Waals surface area contributed by atoms with Crippen LogP contribution in [-0.4, -0.2) is 11.3 Å². The van der Waals surface area contributed by atoms with Crippen LogP contribution in [0.25, 0.3) is 0 Å². The molecular weight excluding hydrogens is 165 g/mol. The molecule has 0 saturated heterocycles. The van der Waals surface area contributed by atoms with Gasteiger partial charge in [0.2, 0.25) is 6.16 Å². The summed E-state index contributed by atoms with van der Waals surface area (Å²) in [7, 11) is 0. The standard InChI is InChI=1S/CH2O3.H3N.Zr/c2-1(3)4;;/h(H2,2,3,4);1H3;. The van der Waals surface area contributed by atoms with E-state index in [1.165, 1.54) is 0 Å². The second-order valence-electron chi connectivity index (χ2n) is 0.266. The van der Waals surface area contributed by atoms with Crippen LogP contribution in [0.15, 0.2) is 0 Å². The largest absolute Gasteiger partial charge is 0.565 e. The number of carbonyl (C=O) groups is 1. The van der Waals surface area contributed by atoms with Crippen LogP contribution < -0.4 is 11.3 Å². The molecule has 0 heterocycles. The first-order valence-electron chi connectivity index (χ1n) is 0.632. The maximum Gasteiger partial charge on any atom is 0.249 e. The van der Waals surface area contributed by atoms with E-state index in [9.17, 15) is 0 Å². The Kier molecular flexibility index (Phi) is 24.5. The van der Waals surface area contributed by atoms with Crippen LogP contribution in [0.2, 0.25) is 0 Å². The molecule has 6 heavy (non-hydrogen) atoms.